The van der Waals surface area contributed by atoms with Gasteiger partial charge in [0, 0.05) is 6.04 Å². The van der Waals surface area contributed by atoms with E-state index >= 15 is 0 Å². The second-order valence-electron chi connectivity index (χ2n) is 5.51. The van der Waals surface area contributed by atoms with Gasteiger partial charge < -0.3 is 10.1 Å². The van der Waals surface area contributed by atoms with Gasteiger partial charge in [-0.15, -0.1) is 0 Å². The molecule has 2 rings (SSSR count). The van der Waals surface area contributed by atoms with E-state index in [1.165, 1.54) is 5.56 Å². The van der Waals surface area contributed by atoms with Crippen LogP contribution in [0, 0.1) is 0 Å². The largest absolute Gasteiger partial charge is 0.492 e. The van der Waals surface area contributed by atoms with Crippen LogP contribution in [0.25, 0.3) is 0 Å². The van der Waals surface area contributed by atoms with E-state index in [2.05, 4.69) is 24.4 Å². The van der Waals surface area contributed by atoms with Gasteiger partial charge in [-0.05, 0) is 31.7 Å². The standard InChI is InChI=1S/C19H24N2O2/c1-16(17-9-5-3-6-10-17)21(2)15-19(22)20-13-14-23-18-11-7-4-8-12-18/h3-12,16H,13-15H2,1-2H3,(H,20,22)/t16-/m1/s1. The van der Waals surface area contributed by atoms with Crippen molar-refractivity contribution in [2.24, 2.45) is 0 Å². The third-order valence-corrected chi connectivity index (χ3v) is 3.77. The van der Waals surface area contributed by atoms with E-state index in [4.69, 9.17) is 4.74 Å². The number of carbonyl (C=O) groups is 1. The Hall–Kier alpha value is -2.33. The molecule has 0 aromatic heterocycles. The summed E-state index contributed by atoms with van der Waals surface area (Å²) >= 11 is 0. The van der Waals surface area contributed by atoms with E-state index in [0.717, 1.165) is 5.75 Å². The first kappa shape index (κ1) is 17.0. The number of nitrogens with one attached hydrogen (secondary N) is 1. The molecule has 0 aliphatic carbocycles. The SMILES string of the molecule is C[C@H](c1ccccc1)N(C)CC(=O)NCCOc1ccccc1. The fraction of sp³-hybridized carbons (Fsp3) is 0.316. The predicted octanol–water partition coefficient (Wildman–Crippen LogP) is 2.87. The molecule has 0 radical (unpaired) electrons. The van der Waals surface area contributed by atoms with Crippen molar-refractivity contribution in [2.45, 2.75) is 13.0 Å². The first-order chi connectivity index (χ1) is 11.2. The quantitative estimate of drug-likeness (QED) is 0.762. The Labute approximate surface area is 138 Å². The van der Waals surface area contributed by atoms with Crippen molar-refractivity contribution in [1.29, 1.82) is 0 Å². The summed E-state index contributed by atoms with van der Waals surface area (Å²) < 4.78 is 5.55. The van der Waals surface area contributed by atoms with Gasteiger partial charge in [0.2, 0.25) is 5.91 Å². The first-order valence-corrected chi connectivity index (χ1v) is 7.86. The van der Waals surface area contributed by atoms with E-state index < -0.39 is 0 Å². The molecule has 0 aliphatic rings. The third-order valence-electron chi connectivity index (χ3n) is 3.77. The third kappa shape index (κ3) is 5.75. The zero-order valence-corrected chi connectivity index (χ0v) is 13.7. The monoisotopic (exact) mass is 312 g/mol. The zero-order valence-electron chi connectivity index (χ0n) is 13.7. The van der Waals surface area contributed by atoms with Crippen LogP contribution in [0.1, 0.15) is 18.5 Å². The van der Waals surface area contributed by atoms with E-state index in [1.807, 2.05) is 60.5 Å². The van der Waals surface area contributed by atoms with Crippen molar-refractivity contribution >= 4 is 5.91 Å². The van der Waals surface area contributed by atoms with E-state index in [-0.39, 0.29) is 11.9 Å². The normalized spacial score (nSPS) is 12.0. The van der Waals surface area contributed by atoms with Gasteiger partial charge in [0.15, 0.2) is 0 Å². The fourth-order valence-corrected chi connectivity index (χ4v) is 2.28. The highest BCUT2D eigenvalue weighted by Gasteiger charge is 2.14. The zero-order chi connectivity index (χ0) is 16.5. The molecule has 1 amide bonds. The average molecular weight is 312 g/mol. The lowest BCUT2D eigenvalue weighted by Gasteiger charge is -2.24. The van der Waals surface area contributed by atoms with Crippen LogP contribution in [-0.4, -0.2) is 37.6 Å². The number of nitrogens with zero attached hydrogens (tertiary/aromatic N) is 1. The number of para-hydroxylation sites is 1. The highest BCUT2D eigenvalue weighted by Crippen LogP contribution is 2.17. The minimum absolute atomic E-state index is 0.00643. The molecule has 2 aromatic carbocycles. The van der Waals surface area contributed by atoms with Crippen molar-refractivity contribution in [1.82, 2.24) is 10.2 Å². The summed E-state index contributed by atoms with van der Waals surface area (Å²) in [6, 6.07) is 20.0. The molecule has 0 heterocycles. The number of likely N-dealkylation sites (N-methyl/N-ethyl adjacent to an activating group) is 1. The summed E-state index contributed by atoms with van der Waals surface area (Å²) in [5.74, 6) is 0.823. The van der Waals surface area contributed by atoms with Gasteiger partial charge in [0.05, 0.1) is 13.1 Å². The Morgan fingerprint density at radius 3 is 2.35 bits per heavy atom. The molecule has 4 nitrogen and oxygen atoms in total. The summed E-state index contributed by atoms with van der Waals surface area (Å²) in [6.45, 7) is 3.43. The van der Waals surface area contributed by atoms with Crippen LogP contribution in [0.2, 0.25) is 0 Å². The Balaban J connectivity index is 1.68. The average Bonchev–Trinajstić information content (AvgIpc) is 2.59. The lowest BCUT2D eigenvalue weighted by molar-refractivity contribution is -0.122. The highest BCUT2D eigenvalue weighted by atomic mass is 16.5. The maximum Gasteiger partial charge on any atom is 0.234 e. The number of carbonyl (C=O) groups excluding carboxylic acids is 1. The van der Waals surface area contributed by atoms with Crippen molar-refractivity contribution in [3.63, 3.8) is 0 Å². The molecule has 0 unspecified atom stereocenters. The molecule has 23 heavy (non-hydrogen) atoms. The van der Waals surface area contributed by atoms with Crippen LogP contribution >= 0.6 is 0 Å². The number of ether oxygens (including phenoxy) is 1. The van der Waals surface area contributed by atoms with Gasteiger partial charge in [-0.25, -0.2) is 0 Å². The van der Waals surface area contributed by atoms with Gasteiger partial charge in [0.25, 0.3) is 0 Å². The first-order valence-electron chi connectivity index (χ1n) is 7.86. The maximum absolute atomic E-state index is 12.0. The van der Waals surface area contributed by atoms with Crippen molar-refractivity contribution in [3.8, 4) is 5.75 Å². The Bertz CT molecular complexity index is 587. The Kier molecular flexibility index (Phi) is 6.63. The molecule has 0 fully saturated rings. The van der Waals surface area contributed by atoms with Gasteiger partial charge in [-0.1, -0.05) is 48.5 Å². The number of hydrogen-bond acceptors (Lipinski definition) is 3. The van der Waals surface area contributed by atoms with Crippen molar-refractivity contribution in [3.05, 3.63) is 66.2 Å². The summed E-state index contributed by atoms with van der Waals surface area (Å²) in [6.07, 6.45) is 0. The van der Waals surface area contributed by atoms with E-state index in [1.54, 1.807) is 0 Å². The summed E-state index contributed by atoms with van der Waals surface area (Å²) in [7, 11) is 1.96. The van der Waals surface area contributed by atoms with E-state index in [9.17, 15) is 4.79 Å². The summed E-state index contributed by atoms with van der Waals surface area (Å²) in [4.78, 5) is 14.0. The highest BCUT2D eigenvalue weighted by molar-refractivity contribution is 5.78. The molecular weight excluding hydrogens is 288 g/mol. The van der Waals surface area contributed by atoms with Crippen molar-refractivity contribution in [2.75, 3.05) is 26.7 Å². The lowest BCUT2D eigenvalue weighted by atomic mass is 10.1. The molecule has 0 aliphatic heterocycles. The summed E-state index contributed by atoms with van der Waals surface area (Å²) in [5.41, 5.74) is 1.20. The molecule has 0 saturated carbocycles. The van der Waals surface area contributed by atoms with Gasteiger partial charge in [-0.3, -0.25) is 9.69 Å². The van der Waals surface area contributed by atoms with E-state index in [0.29, 0.717) is 19.7 Å². The van der Waals surface area contributed by atoms with Gasteiger partial charge in [0.1, 0.15) is 12.4 Å². The minimum Gasteiger partial charge on any atom is -0.492 e. The lowest BCUT2D eigenvalue weighted by Crippen LogP contribution is -2.38. The van der Waals surface area contributed by atoms with Gasteiger partial charge >= 0.3 is 0 Å². The second kappa shape index (κ2) is 8.96. The number of benzene rings is 2. The molecule has 1 N–H and O–H groups in total. The number of amides is 1. The molecule has 2 aromatic rings. The minimum atomic E-state index is 0.00643. The predicted molar refractivity (Wildman–Crippen MR) is 92.4 cm³/mol. The number of rotatable bonds is 8. The van der Waals surface area contributed by atoms with Crippen LogP contribution in [0.4, 0.5) is 0 Å². The molecule has 122 valence electrons. The van der Waals surface area contributed by atoms with Crippen LogP contribution in [0.3, 0.4) is 0 Å². The van der Waals surface area contributed by atoms with Crippen LogP contribution in [0.5, 0.6) is 5.75 Å². The maximum atomic E-state index is 12.0. The molecule has 0 spiro atoms. The topological polar surface area (TPSA) is 41.6 Å². The van der Waals surface area contributed by atoms with Gasteiger partial charge in [-0.2, -0.15) is 0 Å². The Morgan fingerprint density at radius 2 is 1.70 bits per heavy atom. The fourth-order valence-electron chi connectivity index (χ4n) is 2.28. The Morgan fingerprint density at radius 1 is 1.09 bits per heavy atom. The smallest absolute Gasteiger partial charge is 0.234 e. The van der Waals surface area contributed by atoms with Crippen LogP contribution in [0.15, 0.2) is 60.7 Å². The van der Waals surface area contributed by atoms with Crippen LogP contribution in [-0.2, 0) is 4.79 Å². The molecule has 4 heteroatoms. The molecule has 1 atom stereocenters. The van der Waals surface area contributed by atoms with Crippen LogP contribution < -0.4 is 10.1 Å². The number of hydrogen-bond donors (Lipinski definition) is 1. The molecule has 0 saturated heterocycles. The molecular formula is C19H24N2O2. The summed E-state index contributed by atoms with van der Waals surface area (Å²) in [5, 5.41) is 2.88. The second-order valence-corrected chi connectivity index (χ2v) is 5.51. The van der Waals surface area contributed by atoms with Crippen molar-refractivity contribution < 1.29 is 9.53 Å². The molecule has 0 bridgehead atoms.